The second-order valence-electron chi connectivity index (χ2n) is 4.56. The summed E-state index contributed by atoms with van der Waals surface area (Å²) in [6.07, 6.45) is 0. The molecule has 0 radical (unpaired) electrons. The lowest BCUT2D eigenvalue weighted by atomic mass is 10.2. The molecule has 0 saturated heterocycles. The number of ether oxygens (including phenoxy) is 1. The van der Waals surface area contributed by atoms with E-state index in [9.17, 15) is 0 Å². The summed E-state index contributed by atoms with van der Waals surface area (Å²) in [5.74, 6) is 0.709. The Bertz CT molecular complexity index is 571. The molecule has 1 N–H and O–H groups in total. The van der Waals surface area contributed by atoms with Crippen LogP contribution < -0.4 is 15.0 Å². The molecule has 2 aromatic rings. The minimum absolute atomic E-state index is 0.709. The lowest BCUT2D eigenvalue weighted by molar-refractivity contribution is 0.394. The Morgan fingerprint density at radius 3 is 2.80 bits per heavy atom. The van der Waals surface area contributed by atoms with Crippen molar-refractivity contribution in [3.05, 3.63) is 39.2 Å². The van der Waals surface area contributed by atoms with Crippen LogP contribution in [0.4, 0.5) is 5.13 Å². The van der Waals surface area contributed by atoms with Gasteiger partial charge in [-0.15, -0.1) is 0 Å². The highest BCUT2D eigenvalue weighted by Gasteiger charge is 2.12. The first-order valence-electron chi connectivity index (χ1n) is 6.26. The average Bonchev–Trinajstić information content (AvgIpc) is 2.82. The molecule has 20 heavy (non-hydrogen) atoms. The number of benzene rings is 1. The van der Waals surface area contributed by atoms with Crippen LogP contribution in [0.3, 0.4) is 0 Å². The Hall–Kier alpha value is -1.11. The summed E-state index contributed by atoms with van der Waals surface area (Å²) in [6.45, 7) is 1.57. The normalized spacial score (nSPS) is 10.6. The van der Waals surface area contributed by atoms with Gasteiger partial charge in [0.05, 0.1) is 12.0 Å². The molecule has 2 rings (SSSR count). The molecular formula is C14H18BrN3OS. The molecule has 108 valence electrons. The number of thiazole rings is 1. The lowest BCUT2D eigenvalue weighted by Gasteiger charge is -2.05. The van der Waals surface area contributed by atoms with Crippen molar-refractivity contribution in [2.24, 2.45) is 0 Å². The van der Waals surface area contributed by atoms with E-state index in [1.54, 1.807) is 18.4 Å². The molecular weight excluding hydrogens is 338 g/mol. The zero-order chi connectivity index (χ0) is 14.5. The van der Waals surface area contributed by atoms with Crippen LogP contribution in [0.25, 0.3) is 0 Å². The average molecular weight is 356 g/mol. The molecule has 1 heterocycles. The van der Waals surface area contributed by atoms with E-state index in [2.05, 4.69) is 38.4 Å². The van der Waals surface area contributed by atoms with Crippen LogP contribution >= 0.6 is 27.3 Å². The van der Waals surface area contributed by atoms with Crippen LogP contribution in [0, 0.1) is 0 Å². The first-order valence-corrected chi connectivity index (χ1v) is 7.87. The van der Waals surface area contributed by atoms with Gasteiger partial charge in [0, 0.05) is 31.7 Å². The second-order valence-corrected chi connectivity index (χ2v) is 6.53. The van der Waals surface area contributed by atoms with Crippen LogP contribution in [-0.2, 0) is 13.1 Å². The molecule has 0 fully saturated rings. The molecule has 0 bridgehead atoms. The third kappa shape index (κ3) is 3.94. The van der Waals surface area contributed by atoms with Crippen LogP contribution in [-0.4, -0.2) is 26.2 Å². The zero-order valence-electron chi connectivity index (χ0n) is 11.8. The number of nitrogens with zero attached hydrogens (tertiary/aromatic N) is 2. The number of hydrogen-bond acceptors (Lipinski definition) is 5. The van der Waals surface area contributed by atoms with Gasteiger partial charge in [-0.1, -0.05) is 39.4 Å². The number of anilines is 1. The fraction of sp³-hybridized carbons (Fsp3) is 0.357. The van der Waals surface area contributed by atoms with Crippen LogP contribution in [0.5, 0.6) is 5.88 Å². The van der Waals surface area contributed by atoms with E-state index in [-0.39, 0.29) is 0 Å². The van der Waals surface area contributed by atoms with E-state index in [1.807, 2.05) is 31.1 Å². The lowest BCUT2D eigenvalue weighted by Crippen LogP contribution is -2.12. The van der Waals surface area contributed by atoms with Gasteiger partial charge in [0.1, 0.15) is 0 Å². The molecule has 0 aliphatic heterocycles. The van der Waals surface area contributed by atoms with Gasteiger partial charge >= 0.3 is 0 Å². The van der Waals surface area contributed by atoms with Crippen molar-refractivity contribution in [3.63, 3.8) is 0 Å². The molecule has 0 unspecified atom stereocenters. The van der Waals surface area contributed by atoms with Crippen molar-refractivity contribution in [1.82, 2.24) is 10.3 Å². The van der Waals surface area contributed by atoms with Crippen LogP contribution in [0.15, 0.2) is 28.7 Å². The molecule has 0 aliphatic rings. The third-order valence-corrected chi connectivity index (χ3v) is 4.43. The summed E-state index contributed by atoms with van der Waals surface area (Å²) in [5, 5.41) is 4.38. The van der Waals surface area contributed by atoms with Gasteiger partial charge in [-0.05, 0) is 17.7 Å². The van der Waals surface area contributed by atoms with Gasteiger partial charge in [0.2, 0.25) is 5.88 Å². The SMILES string of the molecule is COc1nc(N(C)C)sc1CNCc1cccc(Br)c1. The zero-order valence-corrected chi connectivity index (χ0v) is 14.2. The molecule has 0 aliphatic carbocycles. The van der Waals surface area contributed by atoms with E-state index in [0.717, 1.165) is 27.6 Å². The Balaban J connectivity index is 1.97. The molecule has 0 amide bonds. The van der Waals surface area contributed by atoms with Gasteiger partial charge in [-0.3, -0.25) is 0 Å². The molecule has 0 atom stereocenters. The summed E-state index contributed by atoms with van der Waals surface area (Å²) < 4.78 is 6.42. The van der Waals surface area contributed by atoms with Crippen molar-refractivity contribution < 1.29 is 4.74 Å². The van der Waals surface area contributed by atoms with Crippen molar-refractivity contribution in [2.75, 3.05) is 26.1 Å². The topological polar surface area (TPSA) is 37.4 Å². The third-order valence-electron chi connectivity index (χ3n) is 2.73. The Morgan fingerprint density at radius 1 is 1.35 bits per heavy atom. The maximum atomic E-state index is 5.32. The smallest absolute Gasteiger partial charge is 0.230 e. The summed E-state index contributed by atoms with van der Waals surface area (Å²) in [6, 6.07) is 8.28. The largest absolute Gasteiger partial charge is 0.480 e. The number of aromatic nitrogens is 1. The highest BCUT2D eigenvalue weighted by atomic mass is 79.9. The predicted molar refractivity (Wildman–Crippen MR) is 87.7 cm³/mol. The first kappa shape index (κ1) is 15.3. The molecule has 0 saturated carbocycles. The quantitative estimate of drug-likeness (QED) is 0.862. The molecule has 1 aromatic carbocycles. The van der Waals surface area contributed by atoms with Crippen molar-refractivity contribution in [2.45, 2.75) is 13.1 Å². The van der Waals surface area contributed by atoms with E-state index < -0.39 is 0 Å². The van der Waals surface area contributed by atoms with E-state index in [0.29, 0.717) is 5.88 Å². The van der Waals surface area contributed by atoms with Gasteiger partial charge in [-0.2, -0.15) is 4.98 Å². The summed E-state index contributed by atoms with van der Waals surface area (Å²) in [7, 11) is 5.63. The highest BCUT2D eigenvalue weighted by molar-refractivity contribution is 9.10. The standard InChI is InChI=1S/C14H18BrN3OS/c1-18(2)14-17-13(19-3)12(20-14)9-16-8-10-5-4-6-11(15)7-10/h4-7,16H,8-9H2,1-3H3. The fourth-order valence-electron chi connectivity index (χ4n) is 1.76. The highest BCUT2D eigenvalue weighted by Crippen LogP contribution is 2.30. The van der Waals surface area contributed by atoms with E-state index >= 15 is 0 Å². The predicted octanol–water partition coefficient (Wildman–Crippen LogP) is 3.27. The minimum Gasteiger partial charge on any atom is -0.480 e. The number of methoxy groups -OCH3 is 1. The van der Waals surface area contributed by atoms with E-state index in [1.165, 1.54) is 5.56 Å². The van der Waals surface area contributed by atoms with Crippen molar-refractivity contribution >= 4 is 32.4 Å². The van der Waals surface area contributed by atoms with Crippen molar-refractivity contribution in [3.8, 4) is 5.88 Å². The maximum Gasteiger partial charge on any atom is 0.230 e. The van der Waals surface area contributed by atoms with Crippen LogP contribution in [0.1, 0.15) is 10.4 Å². The Labute approximate surface area is 131 Å². The number of nitrogens with one attached hydrogen (secondary N) is 1. The van der Waals surface area contributed by atoms with Gasteiger partial charge in [-0.25, -0.2) is 0 Å². The van der Waals surface area contributed by atoms with Gasteiger partial charge in [0.25, 0.3) is 0 Å². The number of hydrogen-bond donors (Lipinski definition) is 1. The number of rotatable bonds is 6. The van der Waals surface area contributed by atoms with E-state index in [4.69, 9.17) is 4.74 Å². The molecule has 1 aromatic heterocycles. The van der Waals surface area contributed by atoms with Gasteiger partial charge < -0.3 is 15.0 Å². The van der Waals surface area contributed by atoms with Gasteiger partial charge in [0.15, 0.2) is 5.13 Å². The summed E-state index contributed by atoms with van der Waals surface area (Å²) in [4.78, 5) is 7.55. The summed E-state index contributed by atoms with van der Waals surface area (Å²) in [5.41, 5.74) is 1.25. The van der Waals surface area contributed by atoms with Crippen LogP contribution in [0.2, 0.25) is 0 Å². The first-order chi connectivity index (χ1) is 9.60. The molecule has 0 spiro atoms. The Kier molecular flexibility index (Phi) is 5.39. The molecule has 4 nitrogen and oxygen atoms in total. The maximum absolute atomic E-state index is 5.32. The van der Waals surface area contributed by atoms with Crippen molar-refractivity contribution in [1.29, 1.82) is 0 Å². The number of halogens is 1. The molecule has 6 heteroatoms. The second kappa shape index (κ2) is 7.06. The summed E-state index contributed by atoms with van der Waals surface area (Å²) >= 11 is 5.13. The fourth-order valence-corrected chi connectivity index (χ4v) is 3.12. The minimum atomic E-state index is 0.709. The Morgan fingerprint density at radius 2 is 2.15 bits per heavy atom. The monoisotopic (exact) mass is 355 g/mol.